The molecule has 1 heterocycles. The molecule has 0 radical (unpaired) electrons. The van der Waals surface area contributed by atoms with E-state index >= 15 is 0 Å². The average Bonchev–Trinajstić information content (AvgIpc) is 3.00. The Labute approximate surface area is 189 Å². The van der Waals surface area contributed by atoms with Crippen LogP contribution in [0.5, 0.6) is 0 Å². The summed E-state index contributed by atoms with van der Waals surface area (Å²) in [5, 5.41) is 5.62. The predicted octanol–water partition coefficient (Wildman–Crippen LogP) is 3.57. The Kier molecular flexibility index (Phi) is 7.21. The number of nitrogens with zero attached hydrogens (tertiary/aromatic N) is 1. The Morgan fingerprint density at radius 2 is 1.97 bits per heavy atom. The van der Waals surface area contributed by atoms with Gasteiger partial charge in [0.05, 0.1) is 0 Å². The van der Waals surface area contributed by atoms with Gasteiger partial charge in [-0.15, -0.1) is 0 Å². The van der Waals surface area contributed by atoms with E-state index in [1.165, 1.54) is 6.92 Å². The molecule has 2 fully saturated rings. The van der Waals surface area contributed by atoms with Crippen LogP contribution >= 0.6 is 0 Å². The van der Waals surface area contributed by atoms with Crippen LogP contribution in [-0.2, 0) is 19.1 Å². The zero-order valence-corrected chi connectivity index (χ0v) is 19.3. The van der Waals surface area contributed by atoms with Crippen molar-refractivity contribution in [2.24, 2.45) is 5.92 Å². The zero-order valence-electron chi connectivity index (χ0n) is 19.3. The van der Waals surface area contributed by atoms with Crippen molar-refractivity contribution >= 4 is 29.5 Å². The monoisotopic (exact) mass is 443 g/mol. The molecule has 2 N–H and O–H groups in total. The molecular weight excluding hydrogens is 410 g/mol. The largest absolute Gasteiger partial charge is 0.451 e. The summed E-state index contributed by atoms with van der Waals surface area (Å²) in [6, 6.07) is 6.93. The number of hydrogen-bond donors (Lipinski definition) is 2. The second-order valence-electron chi connectivity index (χ2n) is 8.96. The Morgan fingerprint density at radius 1 is 1.25 bits per heavy atom. The van der Waals surface area contributed by atoms with E-state index in [1.54, 1.807) is 0 Å². The molecule has 3 rings (SSSR count). The molecule has 1 aliphatic heterocycles. The SMILES string of the molecule is CC[C@@H](C)c1ccccc1NC(=O)[C@@H](C)OC(=O)CN1C(=O)N[C@@]2(CCCC[C@@H]2C)C1=O. The number of nitrogens with one attached hydrogen (secondary N) is 2. The third-order valence-corrected chi connectivity index (χ3v) is 6.83. The number of carbonyl (C=O) groups is 4. The van der Waals surface area contributed by atoms with Gasteiger partial charge >= 0.3 is 12.0 Å². The molecule has 1 aliphatic carbocycles. The fourth-order valence-electron chi connectivity index (χ4n) is 4.55. The van der Waals surface area contributed by atoms with E-state index in [0.29, 0.717) is 12.1 Å². The quantitative estimate of drug-likeness (QED) is 0.495. The lowest BCUT2D eigenvalue weighted by atomic mass is 9.73. The van der Waals surface area contributed by atoms with E-state index in [0.717, 1.165) is 36.1 Å². The lowest BCUT2D eigenvalue weighted by Crippen LogP contribution is -2.54. The molecule has 1 saturated carbocycles. The predicted molar refractivity (Wildman–Crippen MR) is 120 cm³/mol. The van der Waals surface area contributed by atoms with Crippen LogP contribution in [-0.4, -0.2) is 46.9 Å². The standard InChI is InChI=1S/C24H33N3O5/c1-5-15(2)18-11-6-7-12-19(18)25-21(29)17(4)32-20(28)14-27-22(30)24(26-23(27)31)13-9-8-10-16(24)3/h6-7,11-12,15-17H,5,8-10,13-14H2,1-4H3,(H,25,29)(H,26,31)/t15-,16+,17-,24-/m1/s1. The molecule has 0 aromatic heterocycles. The summed E-state index contributed by atoms with van der Waals surface area (Å²) < 4.78 is 5.25. The zero-order chi connectivity index (χ0) is 23.5. The number of hydrogen-bond acceptors (Lipinski definition) is 5. The first-order valence-corrected chi connectivity index (χ1v) is 11.4. The summed E-state index contributed by atoms with van der Waals surface area (Å²) in [6.07, 6.45) is 3.13. The van der Waals surface area contributed by atoms with Gasteiger partial charge in [0, 0.05) is 5.69 Å². The van der Waals surface area contributed by atoms with Crippen molar-refractivity contribution < 1.29 is 23.9 Å². The van der Waals surface area contributed by atoms with E-state index < -0.39 is 36.1 Å². The van der Waals surface area contributed by atoms with Crippen molar-refractivity contribution in [1.82, 2.24) is 10.2 Å². The smallest absolute Gasteiger partial charge is 0.327 e. The normalized spacial score (nSPS) is 24.8. The minimum Gasteiger partial charge on any atom is -0.451 e. The maximum absolute atomic E-state index is 13.0. The van der Waals surface area contributed by atoms with Crippen molar-refractivity contribution in [3.8, 4) is 0 Å². The van der Waals surface area contributed by atoms with Crippen LogP contribution in [0.4, 0.5) is 10.5 Å². The van der Waals surface area contributed by atoms with Crippen molar-refractivity contribution in [3.05, 3.63) is 29.8 Å². The summed E-state index contributed by atoms with van der Waals surface area (Å²) in [7, 11) is 0. The van der Waals surface area contributed by atoms with Crippen LogP contribution in [0.1, 0.15) is 71.3 Å². The van der Waals surface area contributed by atoms with Crippen LogP contribution in [0.3, 0.4) is 0 Å². The lowest BCUT2D eigenvalue weighted by Gasteiger charge is -2.36. The molecule has 32 heavy (non-hydrogen) atoms. The van der Waals surface area contributed by atoms with Crippen molar-refractivity contribution in [3.63, 3.8) is 0 Å². The highest BCUT2D eigenvalue weighted by molar-refractivity contribution is 6.09. The fourth-order valence-corrected chi connectivity index (χ4v) is 4.55. The van der Waals surface area contributed by atoms with Gasteiger partial charge in [0.2, 0.25) is 0 Å². The van der Waals surface area contributed by atoms with E-state index in [2.05, 4.69) is 24.5 Å². The summed E-state index contributed by atoms with van der Waals surface area (Å²) in [6.45, 7) is 7.05. The minimum absolute atomic E-state index is 0.00371. The molecule has 1 aromatic carbocycles. The molecule has 174 valence electrons. The first-order valence-electron chi connectivity index (χ1n) is 11.4. The Bertz CT molecular complexity index is 901. The third kappa shape index (κ3) is 4.64. The summed E-state index contributed by atoms with van der Waals surface area (Å²) >= 11 is 0. The van der Waals surface area contributed by atoms with Gasteiger partial charge in [-0.25, -0.2) is 4.79 Å². The molecule has 1 aromatic rings. The highest BCUT2D eigenvalue weighted by Crippen LogP contribution is 2.38. The highest BCUT2D eigenvalue weighted by Gasteiger charge is 2.55. The first kappa shape index (κ1) is 23.8. The number of esters is 1. The Balaban J connectivity index is 1.60. The number of para-hydroxylation sites is 1. The van der Waals surface area contributed by atoms with Crippen molar-refractivity contribution in [2.45, 2.75) is 77.4 Å². The van der Waals surface area contributed by atoms with E-state index in [-0.39, 0.29) is 17.7 Å². The maximum Gasteiger partial charge on any atom is 0.327 e. The van der Waals surface area contributed by atoms with E-state index in [9.17, 15) is 19.2 Å². The summed E-state index contributed by atoms with van der Waals surface area (Å²) in [5.74, 6) is -1.38. The van der Waals surface area contributed by atoms with Gasteiger partial charge in [-0.05, 0) is 49.7 Å². The third-order valence-electron chi connectivity index (χ3n) is 6.83. The summed E-state index contributed by atoms with van der Waals surface area (Å²) in [4.78, 5) is 51.4. The number of urea groups is 1. The molecular formula is C24H33N3O5. The number of rotatable bonds is 7. The molecule has 8 nitrogen and oxygen atoms in total. The van der Waals surface area contributed by atoms with Gasteiger partial charge in [-0.1, -0.05) is 51.8 Å². The summed E-state index contributed by atoms with van der Waals surface area (Å²) in [5.41, 5.74) is 0.753. The number of imide groups is 1. The molecule has 1 spiro atoms. The van der Waals surface area contributed by atoms with Crippen LogP contribution in [0.25, 0.3) is 0 Å². The second-order valence-corrected chi connectivity index (χ2v) is 8.96. The fraction of sp³-hybridized carbons (Fsp3) is 0.583. The van der Waals surface area contributed by atoms with Gasteiger partial charge < -0.3 is 15.4 Å². The number of carbonyl (C=O) groups excluding carboxylic acids is 4. The Hall–Kier alpha value is -2.90. The molecule has 0 bridgehead atoms. The molecule has 4 atom stereocenters. The number of amides is 4. The molecule has 4 amide bonds. The Morgan fingerprint density at radius 3 is 2.66 bits per heavy atom. The molecule has 0 unspecified atom stereocenters. The maximum atomic E-state index is 13.0. The highest BCUT2D eigenvalue weighted by atomic mass is 16.5. The molecule has 8 heteroatoms. The number of anilines is 1. The average molecular weight is 444 g/mol. The van der Waals surface area contributed by atoms with Crippen molar-refractivity contribution in [2.75, 3.05) is 11.9 Å². The lowest BCUT2D eigenvalue weighted by molar-refractivity contribution is -0.155. The van der Waals surface area contributed by atoms with Crippen LogP contribution in [0.15, 0.2) is 24.3 Å². The van der Waals surface area contributed by atoms with Gasteiger partial charge in [0.1, 0.15) is 12.1 Å². The number of ether oxygens (including phenoxy) is 1. The topological polar surface area (TPSA) is 105 Å². The second kappa shape index (κ2) is 9.71. The van der Waals surface area contributed by atoms with Crippen LogP contribution in [0, 0.1) is 5.92 Å². The van der Waals surface area contributed by atoms with Crippen LogP contribution in [0.2, 0.25) is 0 Å². The number of benzene rings is 1. The van der Waals surface area contributed by atoms with Gasteiger partial charge in [0.15, 0.2) is 6.10 Å². The van der Waals surface area contributed by atoms with Gasteiger partial charge in [-0.3, -0.25) is 19.3 Å². The van der Waals surface area contributed by atoms with Gasteiger partial charge in [-0.2, -0.15) is 0 Å². The first-order chi connectivity index (χ1) is 15.2. The minimum atomic E-state index is -1.07. The van der Waals surface area contributed by atoms with Crippen molar-refractivity contribution in [1.29, 1.82) is 0 Å². The van der Waals surface area contributed by atoms with Crippen LogP contribution < -0.4 is 10.6 Å². The van der Waals surface area contributed by atoms with Gasteiger partial charge in [0.25, 0.3) is 11.8 Å². The molecule has 2 aliphatic rings. The molecule has 1 saturated heterocycles. The van der Waals surface area contributed by atoms with E-state index in [1.807, 2.05) is 31.2 Å². The van der Waals surface area contributed by atoms with E-state index in [4.69, 9.17) is 4.74 Å².